The zero-order chi connectivity index (χ0) is 15.5. The fourth-order valence-corrected chi connectivity index (χ4v) is 2.91. The first kappa shape index (κ1) is 15.7. The van der Waals surface area contributed by atoms with E-state index >= 15 is 0 Å². The van der Waals surface area contributed by atoms with Crippen molar-refractivity contribution in [2.45, 2.75) is 38.5 Å². The van der Waals surface area contributed by atoms with Crippen molar-refractivity contribution in [3.63, 3.8) is 0 Å². The highest BCUT2D eigenvalue weighted by molar-refractivity contribution is 5.70. The van der Waals surface area contributed by atoms with Crippen LogP contribution >= 0.6 is 0 Å². The smallest absolute Gasteiger partial charge is 0.481 e. The molecule has 21 heavy (non-hydrogen) atoms. The van der Waals surface area contributed by atoms with Crippen molar-refractivity contribution in [2.24, 2.45) is 11.8 Å². The highest BCUT2D eigenvalue weighted by Gasteiger charge is 2.32. The summed E-state index contributed by atoms with van der Waals surface area (Å²) >= 11 is 0. The molecule has 1 saturated carbocycles. The van der Waals surface area contributed by atoms with Crippen molar-refractivity contribution in [3.8, 4) is 5.75 Å². The van der Waals surface area contributed by atoms with Gasteiger partial charge >= 0.3 is 12.3 Å². The Labute approximate surface area is 120 Å². The Kier molecular flexibility index (Phi) is 4.75. The molecule has 0 saturated heterocycles. The molecule has 0 bridgehead atoms. The molecule has 1 aliphatic rings. The molecule has 0 heterocycles. The van der Waals surface area contributed by atoms with Gasteiger partial charge in [0.25, 0.3) is 0 Å². The molecule has 2 rings (SSSR count). The minimum atomic E-state index is -4.70. The molecule has 1 aliphatic carbocycles. The average Bonchev–Trinajstić information content (AvgIpc) is 2.40. The van der Waals surface area contributed by atoms with E-state index in [9.17, 15) is 23.1 Å². The minimum Gasteiger partial charge on any atom is -0.481 e. The third kappa shape index (κ3) is 4.65. The van der Waals surface area contributed by atoms with E-state index in [1.54, 1.807) is 12.1 Å². The first-order valence-electron chi connectivity index (χ1n) is 6.92. The summed E-state index contributed by atoms with van der Waals surface area (Å²) in [4.78, 5) is 11.2. The molecular weight excluding hydrogens is 285 g/mol. The van der Waals surface area contributed by atoms with Crippen LogP contribution in [-0.2, 0) is 11.2 Å². The quantitative estimate of drug-likeness (QED) is 0.913. The molecule has 116 valence electrons. The molecule has 6 heteroatoms. The first-order chi connectivity index (χ1) is 9.85. The van der Waals surface area contributed by atoms with Gasteiger partial charge in [0, 0.05) is 0 Å². The van der Waals surface area contributed by atoms with Crippen LogP contribution in [0.5, 0.6) is 5.75 Å². The summed E-state index contributed by atoms with van der Waals surface area (Å²) < 4.78 is 40.0. The second-order valence-electron chi connectivity index (χ2n) is 5.39. The van der Waals surface area contributed by atoms with Crippen molar-refractivity contribution in [1.82, 2.24) is 0 Å². The van der Waals surface area contributed by atoms with Crippen LogP contribution in [0.25, 0.3) is 0 Å². The van der Waals surface area contributed by atoms with Gasteiger partial charge in [-0.1, -0.05) is 25.0 Å². The molecular formula is C15H17F3O3. The molecule has 2 atom stereocenters. The number of benzene rings is 1. The Morgan fingerprint density at radius 2 is 1.81 bits per heavy atom. The summed E-state index contributed by atoms with van der Waals surface area (Å²) in [6.07, 6.45) is -0.675. The first-order valence-corrected chi connectivity index (χ1v) is 6.92. The largest absolute Gasteiger partial charge is 0.573 e. The fourth-order valence-electron chi connectivity index (χ4n) is 2.91. The number of aliphatic carboxylic acids is 1. The van der Waals surface area contributed by atoms with Gasteiger partial charge in [-0.05, 0) is 42.9 Å². The molecule has 0 radical (unpaired) electrons. The lowest BCUT2D eigenvalue weighted by Crippen LogP contribution is -2.28. The Morgan fingerprint density at radius 1 is 1.19 bits per heavy atom. The fraction of sp³-hybridized carbons (Fsp3) is 0.533. The SMILES string of the molecule is O=C(O)C1CCCCC1Cc1ccc(OC(F)(F)F)cc1. The summed E-state index contributed by atoms with van der Waals surface area (Å²) in [5.41, 5.74) is 0.836. The van der Waals surface area contributed by atoms with Crippen LogP contribution < -0.4 is 4.74 Å². The van der Waals surface area contributed by atoms with Crippen LogP contribution in [0.15, 0.2) is 24.3 Å². The third-order valence-corrected chi connectivity index (χ3v) is 3.88. The summed E-state index contributed by atoms with van der Waals surface area (Å²) in [7, 11) is 0. The average molecular weight is 302 g/mol. The molecule has 1 aromatic rings. The lowest BCUT2D eigenvalue weighted by atomic mass is 9.76. The van der Waals surface area contributed by atoms with Gasteiger partial charge in [-0.3, -0.25) is 4.79 Å². The van der Waals surface area contributed by atoms with Crippen molar-refractivity contribution in [3.05, 3.63) is 29.8 Å². The molecule has 1 N–H and O–H groups in total. The van der Waals surface area contributed by atoms with E-state index in [-0.39, 0.29) is 17.6 Å². The molecule has 1 aromatic carbocycles. The predicted octanol–water partition coefficient (Wildman–Crippen LogP) is 4.02. The Hall–Kier alpha value is -1.72. The Bertz CT molecular complexity index is 482. The molecule has 2 unspecified atom stereocenters. The number of carbonyl (C=O) groups is 1. The number of halogens is 3. The van der Waals surface area contributed by atoms with Gasteiger partial charge < -0.3 is 9.84 Å². The predicted molar refractivity (Wildman–Crippen MR) is 69.9 cm³/mol. The van der Waals surface area contributed by atoms with Crippen LogP contribution in [0, 0.1) is 11.8 Å². The maximum Gasteiger partial charge on any atom is 0.573 e. The molecule has 0 amide bonds. The lowest BCUT2D eigenvalue weighted by molar-refractivity contribution is -0.274. The number of hydrogen-bond donors (Lipinski definition) is 1. The van der Waals surface area contributed by atoms with E-state index in [0.717, 1.165) is 24.8 Å². The zero-order valence-corrected chi connectivity index (χ0v) is 11.4. The van der Waals surface area contributed by atoms with Gasteiger partial charge in [0.05, 0.1) is 5.92 Å². The molecule has 0 spiro atoms. The maximum atomic E-state index is 12.1. The summed E-state index contributed by atoms with van der Waals surface area (Å²) in [5, 5.41) is 9.21. The van der Waals surface area contributed by atoms with Gasteiger partial charge in [-0.15, -0.1) is 13.2 Å². The van der Waals surface area contributed by atoms with Crippen molar-refractivity contribution in [2.75, 3.05) is 0 Å². The number of carboxylic acids is 1. The zero-order valence-electron chi connectivity index (χ0n) is 11.4. The number of alkyl halides is 3. The summed E-state index contributed by atoms with van der Waals surface area (Å²) in [5.74, 6) is -1.35. The van der Waals surface area contributed by atoms with Crippen LogP contribution in [0.1, 0.15) is 31.2 Å². The summed E-state index contributed by atoms with van der Waals surface area (Å²) in [6.45, 7) is 0. The highest BCUT2D eigenvalue weighted by atomic mass is 19.4. The number of rotatable bonds is 4. The van der Waals surface area contributed by atoms with Crippen LogP contribution in [-0.4, -0.2) is 17.4 Å². The van der Waals surface area contributed by atoms with Gasteiger partial charge in [0.1, 0.15) is 5.75 Å². The van der Waals surface area contributed by atoms with Crippen LogP contribution in [0.2, 0.25) is 0 Å². The second-order valence-corrected chi connectivity index (χ2v) is 5.39. The summed E-state index contributed by atoms with van der Waals surface area (Å²) in [6, 6.07) is 5.66. The van der Waals surface area contributed by atoms with E-state index in [2.05, 4.69) is 4.74 Å². The third-order valence-electron chi connectivity index (χ3n) is 3.88. The van der Waals surface area contributed by atoms with Crippen molar-refractivity contribution in [1.29, 1.82) is 0 Å². The highest BCUT2D eigenvalue weighted by Crippen LogP contribution is 2.33. The van der Waals surface area contributed by atoms with Crippen LogP contribution in [0.3, 0.4) is 0 Å². The van der Waals surface area contributed by atoms with Gasteiger partial charge in [0.15, 0.2) is 0 Å². The molecule has 1 fully saturated rings. The van der Waals surface area contributed by atoms with Crippen molar-refractivity contribution < 1.29 is 27.8 Å². The van der Waals surface area contributed by atoms with Gasteiger partial charge in [0.2, 0.25) is 0 Å². The molecule has 3 nitrogen and oxygen atoms in total. The monoisotopic (exact) mass is 302 g/mol. The standard InChI is InChI=1S/C15H17F3O3/c16-15(17,18)21-12-7-5-10(6-8-12)9-11-3-1-2-4-13(11)14(19)20/h5-8,11,13H,1-4,9H2,(H,19,20). The van der Waals surface area contributed by atoms with E-state index in [4.69, 9.17) is 0 Å². The lowest BCUT2D eigenvalue weighted by Gasteiger charge is -2.28. The normalized spacial score (nSPS) is 22.8. The van der Waals surface area contributed by atoms with E-state index in [1.807, 2.05) is 0 Å². The van der Waals surface area contributed by atoms with E-state index in [0.29, 0.717) is 12.8 Å². The van der Waals surface area contributed by atoms with Gasteiger partial charge in [-0.2, -0.15) is 0 Å². The Balaban J connectivity index is 2.00. The van der Waals surface area contributed by atoms with Crippen molar-refractivity contribution >= 4 is 5.97 Å². The van der Waals surface area contributed by atoms with E-state index in [1.165, 1.54) is 12.1 Å². The number of ether oxygens (including phenoxy) is 1. The van der Waals surface area contributed by atoms with Crippen LogP contribution in [0.4, 0.5) is 13.2 Å². The molecule has 0 aliphatic heterocycles. The van der Waals surface area contributed by atoms with Gasteiger partial charge in [-0.25, -0.2) is 0 Å². The Morgan fingerprint density at radius 3 is 2.38 bits per heavy atom. The molecule has 0 aromatic heterocycles. The van der Waals surface area contributed by atoms with E-state index < -0.39 is 12.3 Å². The second kappa shape index (κ2) is 6.37. The topological polar surface area (TPSA) is 46.5 Å². The number of hydrogen-bond acceptors (Lipinski definition) is 2. The maximum absolute atomic E-state index is 12.1. The number of carboxylic acid groups (broad SMARTS) is 1. The minimum absolute atomic E-state index is 0.0469.